The molecule has 0 amide bonds. The van der Waals surface area contributed by atoms with Crippen LogP contribution < -0.4 is 15.9 Å². The van der Waals surface area contributed by atoms with Crippen molar-refractivity contribution in [2.24, 2.45) is 7.05 Å². The normalized spacial score (nSPS) is 18.4. The molecule has 1 aromatic carbocycles. The highest BCUT2D eigenvalue weighted by Crippen LogP contribution is 2.31. The van der Waals surface area contributed by atoms with Crippen molar-refractivity contribution < 1.29 is 0 Å². The average molecular weight is 408 g/mol. The van der Waals surface area contributed by atoms with Gasteiger partial charge in [-0.2, -0.15) is 4.98 Å². The molecule has 2 aromatic heterocycles. The number of aryl methyl sites for hydroxylation is 1. The molecule has 1 saturated carbocycles. The molecule has 0 unspecified atom stereocenters. The smallest absolute Gasteiger partial charge is 0.330 e. The first-order chi connectivity index (χ1) is 14.6. The van der Waals surface area contributed by atoms with Crippen molar-refractivity contribution >= 4 is 28.5 Å². The zero-order valence-corrected chi connectivity index (χ0v) is 17.7. The van der Waals surface area contributed by atoms with Crippen molar-refractivity contribution in [2.45, 2.75) is 31.7 Å². The Morgan fingerprint density at radius 3 is 2.40 bits per heavy atom. The predicted octanol–water partition coefficient (Wildman–Crippen LogP) is 2.74. The lowest BCUT2D eigenvalue weighted by molar-refractivity contribution is 0.313. The zero-order chi connectivity index (χ0) is 20.7. The van der Waals surface area contributed by atoms with E-state index in [-0.39, 0.29) is 11.7 Å². The number of hydrogen-bond acceptors (Lipinski definition) is 6. The number of hydrogen-bond donors (Lipinski definition) is 1. The van der Waals surface area contributed by atoms with Gasteiger partial charge in [-0.05, 0) is 44.2 Å². The molecule has 3 heterocycles. The average Bonchev–Trinajstić information content (AvgIpc) is 3.36. The minimum absolute atomic E-state index is 0.000112. The van der Waals surface area contributed by atoms with Crippen LogP contribution in [0.25, 0.3) is 11.2 Å². The van der Waals surface area contributed by atoms with E-state index in [1.54, 1.807) is 17.8 Å². The Morgan fingerprint density at radius 2 is 1.70 bits per heavy atom. The fourth-order valence-corrected chi connectivity index (χ4v) is 4.64. The number of fused-ring (bicyclic) bond motifs is 1. The highest BCUT2D eigenvalue weighted by atomic mass is 16.1. The second-order valence-corrected chi connectivity index (χ2v) is 8.51. The van der Waals surface area contributed by atoms with Gasteiger partial charge in [0.15, 0.2) is 5.65 Å². The number of aromatic nitrogens is 4. The van der Waals surface area contributed by atoms with Gasteiger partial charge in [0, 0.05) is 50.6 Å². The second kappa shape index (κ2) is 7.75. The zero-order valence-electron chi connectivity index (χ0n) is 17.7. The fourth-order valence-electron chi connectivity index (χ4n) is 4.64. The number of nitrogens with one attached hydrogen (secondary N) is 1. The van der Waals surface area contributed by atoms with Gasteiger partial charge in [0.2, 0.25) is 5.95 Å². The summed E-state index contributed by atoms with van der Waals surface area (Å²) in [4.78, 5) is 26.7. The number of rotatable bonds is 4. The van der Waals surface area contributed by atoms with Crippen molar-refractivity contribution in [3.8, 4) is 0 Å². The SMILES string of the molecule is CN1CCN(c2ccc(Nc3ncc4c(n3)n(C3CCCC3)c(=O)n4C)cc2)CC1. The summed E-state index contributed by atoms with van der Waals surface area (Å²) >= 11 is 0. The van der Waals surface area contributed by atoms with E-state index < -0.39 is 0 Å². The highest BCUT2D eigenvalue weighted by molar-refractivity contribution is 5.73. The standard InChI is InChI=1S/C22H29N7O/c1-26-11-13-28(14-12-26)17-9-7-16(8-10-17)24-21-23-15-19-20(25-21)29(22(30)27(19)2)18-5-3-4-6-18/h7-10,15,18H,3-6,11-14H2,1-2H3,(H,23,24,25). The predicted molar refractivity (Wildman–Crippen MR) is 120 cm³/mol. The van der Waals surface area contributed by atoms with Crippen LogP contribution in [0.5, 0.6) is 0 Å². The quantitative estimate of drug-likeness (QED) is 0.717. The molecule has 0 atom stereocenters. The van der Waals surface area contributed by atoms with E-state index in [9.17, 15) is 4.79 Å². The van der Waals surface area contributed by atoms with E-state index in [0.717, 1.165) is 55.9 Å². The number of anilines is 3. The summed E-state index contributed by atoms with van der Waals surface area (Å²) in [5, 5.41) is 3.31. The van der Waals surface area contributed by atoms with Crippen LogP contribution in [-0.4, -0.2) is 57.2 Å². The first kappa shape index (κ1) is 19.1. The van der Waals surface area contributed by atoms with Crippen LogP contribution >= 0.6 is 0 Å². The molecular weight excluding hydrogens is 378 g/mol. The lowest BCUT2D eigenvalue weighted by Crippen LogP contribution is -2.44. The van der Waals surface area contributed by atoms with Crippen molar-refractivity contribution in [2.75, 3.05) is 43.4 Å². The van der Waals surface area contributed by atoms with Gasteiger partial charge < -0.3 is 15.1 Å². The molecule has 1 aliphatic heterocycles. The molecule has 0 spiro atoms. The lowest BCUT2D eigenvalue weighted by Gasteiger charge is -2.34. The Bertz CT molecular complexity index is 1090. The molecule has 1 aliphatic carbocycles. The third-order valence-corrected chi connectivity index (χ3v) is 6.51. The van der Waals surface area contributed by atoms with Crippen LogP contribution in [0.1, 0.15) is 31.7 Å². The molecule has 2 fully saturated rings. The van der Waals surface area contributed by atoms with Gasteiger partial charge in [0.05, 0.1) is 6.20 Å². The molecule has 3 aromatic rings. The highest BCUT2D eigenvalue weighted by Gasteiger charge is 2.24. The summed E-state index contributed by atoms with van der Waals surface area (Å²) in [5.74, 6) is 0.521. The van der Waals surface area contributed by atoms with E-state index in [4.69, 9.17) is 4.98 Å². The van der Waals surface area contributed by atoms with E-state index >= 15 is 0 Å². The van der Waals surface area contributed by atoms with E-state index in [1.165, 1.54) is 18.5 Å². The van der Waals surface area contributed by atoms with Crippen LogP contribution in [0, 0.1) is 0 Å². The van der Waals surface area contributed by atoms with E-state index in [1.807, 2.05) is 4.57 Å². The maximum absolute atomic E-state index is 12.8. The van der Waals surface area contributed by atoms with Gasteiger partial charge in [-0.3, -0.25) is 9.13 Å². The molecule has 1 saturated heterocycles. The summed E-state index contributed by atoms with van der Waals surface area (Å²) in [6.45, 7) is 4.28. The summed E-state index contributed by atoms with van der Waals surface area (Å²) in [6, 6.07) is 8.66. The van der Waals surface area contributed by atoms with Crippen LogP contribution in [0.15, 0.2) is 35.3 Å². The summed E-state index contributed by atoms with van der Waals surface area (Å²) in [6.07, 6.45) is 6.17. The Morgan fingerprint density at radius 1 is 1.00 bits per heavy atom. The Hall–Kier alpha value is -2.87. The maximum atomic E-state index is 12.8. The third kappa shape index (κ3) is 3.45. The molecule has 0 bridgehead atoms. The van der Waals surface area contributed by atoms with Crippen molar-refractivity contribution in [1.29, 1.82) is 0 Å². The van der Waals surface area contributed by atoms with Crippen LogP contribution in [-0.2, 0) is 7.05 Å². The van der Waals surface area contributed by atoms with Crippen LogP contribution in [0.3, 0.4) is 0 Å². The Kier molecular flexibility index (Phi) is 4.94. The van der Waals surface area contributed by atoms with Gasteiger partial charge in [-0.1, -0.05) is 12.8 Å². The van der Waals surface area contributed by atoms with Crippen molar-refractivity contribution in [1.82, 2.24) is 24.0 Å². The Labute approximate surface area is 176 Å². The van der Waals surface area contributed by atoms with E-state index in [0.29, 0.717) is 5.95 Å². The molecule has 0 radical (unpaired) electrons. The molecule has 5 rings (SSSR count). The summed E-state index contributed by atoms with van der Waals surface area (Å²) in [5.41, 5.74) is 3.68. The molecular formula is C22H29N7O. The van der Waals surface area contributed by atoms with Gasteiger partial charge in [-0.15, -0.1) is 0 Å². The monoisotopic (exact) mass is 407 g/mol. The molecule has 8 nitrogen and oxygen atoms in total. The number of piperazine rings is 1. The topological polar surface area (TPSA) is 71.2 Å². The number of nitrogens with zero attached hydrogens (tertiary/aromatic N) is 6. The third-order valence-electron chi connectivity index (χ3n) is 6.51. The maximum Gasteiger partial charge on any atom is 0.330 e. The number of benzene rings is 1. The molecule has 158 valence electrons. The van der Waals surface area contributed by atoms with Crippen LogP contribution in [0.4, 0.5) is 17.3 Å². The first-order valence-corrected chi connectivity index (χ1v) is 10.8. The minimum Gasteiger partial charge on any atom is -0.369 e. The van der Waals surface area contributed by atoms with Gasteiger partial charge in [0.25, 0.3) is 0 Å². The van der Waals surface area contributed by atoms with Gasteiger partial charge >= 0.3 is 5.69 Å². The van der Waals surface area contributed by atoms with Crippen molar-refractivity contribution in [3.63, 3.8) is 0 Å². The molecule has 2 aliphatic rings. The minimum atomic E-state index is -0.000112. The second-order valence-electron chi connectivity index (χ2n) is 8.51. The van der Waals surface area contributed by atoms with Crippen molar-refractivity contribution in [3.05, 3.63) is 40.9 Å². The Balaban J connectivity index is 1.39. The van der Waals surface area contributed by atoms with Gasteiger partial charge in [0.1, 0.15) is 5.52 Å². The van der Waals surface area contributed by atoms with Gasteiger partial charge in [-0.25, -0.2) is 9.78 Å². The number of likely N-dealkylation sites (N-methyl/N-ethyl adjacent to an activating group) is 1. The van der Waals surface area contributed by atoms with E-state index in [2.05, 4.69) is 51.4 Å². The molecule has 30 heavy (non-hydrogen) atoms. The van der Waals surface area contributed by atoms with Crippen LogP contribution in [0.2, 0.25) is 0 Å². The fraction of sp³-hybridized carbons (Fsp3) is 0.500. The largest absolute Gasteiger partial charge is 0.369 e. The molecule has 8 heteroatoms. The summed E-state index contributed by atoms with van der Waals surface area (Å²) < 4.78 is 3.52. The number of imidazole rings is 1. The summed E-state index contributed by atoms with van der Waals surface area (Å²) in [7, 11) is 3.96. The molecule has 1 N–H and O–H groups in total. The first-order valence-electron chi connectivity index (χ1n) is 10.8. The lowest BCUT2D eigenvalue weighted by atomic mass is 10.2.